The number of alkyl halides is 3. The van der Waals surface area contributed by atoms with Crippen molar-refractivity contribution in [3.05, 3.63) is 29.3 Å². The van der Waals surface area contributed by atoms with E-state index in [1.165, 1.54) is 6.07 Å². The van der Waals surface area contributed by atoms with Crippen molar-refractivity contribution in [2.24, 2.45) is 0 Å². The van der Waals surface area contributed by atoms with Crippen LogP contribution in [-0.4, -0.2) is 24.7 Å². The molecule has 0 atom stereocenters. The van der Waals surface area contributed by atoms with Crippen LogP contribution in [-0.2, 0) is 6.18 Å². The van der Waals surface area contributed by atoms with Crippen LogP contribution in [0.5, 0.6) is 0 Å². The zero-order chi connectivity index (χ0) is 13.2. The molecule has 0 amide bonds. The Kier molecular flexibility index (Phi) is 3.65. The number of carboxylic acids is 1. The third-order valence-electron chi connectivity index (χ3n) is 2.45. The lowest BCUT2D eigenvalue weighted by Crippen LogP contribution is -2.19. The third-order valence-corrected chi connectivity index (χ3v) is 2.45. The van der Waals surface area contributed by atoms with Gasteiger partial charge in [0.05, 0.1) is 11.1 Å². The maximum absolute atomic E-state index is 12.7. The molecular weight excluding hydrogens is 235 g/mol. The molecule has 0 saturated carbocycles. The topological polar surface area (TPSA) is 40.5 Å². The number of aromatic carboxylic acids is 1. The van der Waals surface area contributed by atoms with Crippen molar-refractivity contribution in [2.45, 2.75) is 13.1 Å². The highest BCUT2D eigenvalue weighted by Crippen LogP contribution is 2.34. The molecule has 1 aromatic rings. The summed E-state index contributed by atoms with van der Waals surface area (Å²) in [6, 6.07) is 3.20. The Hall–Kier alpha value is -1.72. The van der Waals surface area contributed by atoms with Gasteiger partial charge in [0.1, 0.15) is 0 Å². The number of hydrogen-bond acceptors (Lipinski definition) is 2. The van der Waals surface area contributed by atoms with Gasteiger partial charge in [0.15, 0.2) is 0 Å². The van der Waals surface area contributed by atoms with Gasteiger partial charge in [-0.3, -0.25) is 0 Å². The largest absolute Gasteiger partial charge is 0.478 e. The zero-order valence-electron chi connectivity index (χ0n) is 9.38. The number of anilines is 1. The van der Waals surface area contributed by atoms with Crippen molar-refractivity contribution >= 4 is 11.7 Å². The van der Waals surface area contributed by atoms with Crippen LogP contribution in [0.2, 0.25) is 0 Å². The van der Waals surface area contributed by atoms with Gasteiger partial charge in [0.2, 0.25) is 0 Å². The van der Waals surface area contributed by atoms with Crippen LogP contribution < -0.4 is 4.90 Å². The first kappa shape index (κ1) is 13.3. The van der Waals surface area contributed by atoms with E-state index in [0.717, 1.165) is 12.1 Å². The average molecular weight is 247 g/mol. The highest BCUT2D eigenvalue weighted by molar-refractivity contribution is 5.90. The minimum absolute atomic E-state index is 0.338. The summed E-state index contributed by atoms with van der Waals surface area (Å²) in [5.41, 5.74) is -1.52. The lowest BCUT2D eigenvalue weighted by molar-refractivity contribution is -0.138. The molecule has 1 aromatic carbocycles. The van der Waals surface area contributed by atoms with E-state index >= 15 is 0 Å². The Balaban J connectivity index is 3.35. The second-order valence-corrected chi connectivity index (χ2v) is 3.55. The molecule has 0 unspecified atom stereocenters. The Bertz CT molecular complexity index is 429. The molecule has 94 valence electrons. The van der Waals surface area contributed by atoms with Crippen molar-refractivity contribution in [3.63, 3.8) is 0 Å². The van der Waals surface area contributed by atoms with Crippen molar-refractivity contribution < 1.29 is 23.1 Å². The van der Waals surface area contributed by atoms with Crippen LogP contribution in [0, 0.1) is 0 Å². The molecule has 0 spiro atoms. The molecule has 1 N–H and O–H groups in total. The molecule has 17 heavy (non-hydrogen) atoms. The van der Waals surface area contributed by atoms with Gasteiger partial charge in [0, 0.05) is 19.3 Å². The second kappa shape index (κ2) is 4.65. The van der Waals surface area contributed by atoms with Crippen molar-refractivity contribution in [3.8, 4) is 0 Å². The Morgan fingerprint density at radius 3 is 2.41 bits per heavy atom. The SMILES string of the molecule is CCN(C)c1ccc(C(=O)O)c(C(F)(F)F)c1. The van der Waals surface area contributed by atoms with E-state index in [4.69, 9.17) is 5.11 Å². The van der Waals surface area contributed by atoms with E-state index < -0.39 is 23.3 Å². The molecule has 3 nitrogen and oxygen atoms in total. The van der Waals surface area contributed by atoms with Crippen molar-refractivity contribution in [1.82, 2.24) is 0 Å². The van der Waals surface area contributed by atoms with Gasteiger partial charge in [-0.15, -0.1) is 0 Å². The van der Waals surface area contributed by atoms with Crippen LogP contribution in [0.3, 0.4) is 0 Å². The maximum Gasteiger partial charge on any atom is 0.417 e. The van der Waals surface area contributed by atoms with Crippen LogP contribution in [0.4, 0.5) is 18.9 Å². The summed E-state index contributed by atoms with van der Waals surface area (Å²) in [6.45, 7) is 2.32. The number of benzene rings is 1. The fraction of sp³-hybridized carbons (Fsp3) is 0.364. The third kappa shape index (κ3) is 2.89. The summed E-state index contributed by atoms with van der Waals surface area (Å²) in [7, 11) is 1.63. The van der Waals surface area contributed by atoms with E-state index in [1.54, 1.807) is 18.9 Å². The van der Waals surface area contributed by atoms with Crippen molar-refractivity contribution in [1.29, 1.82) is 0 Å². The average Bonchev–Trinajstić information content (AvgIpc) is 2.25. The van der Waals surface area contributed by atoms with E-state index in [2.05, 4.69) is 0 Å². The summed E-state index contributed by atoms with van der Waals surface area (Å²) in [5.74, 6) is -1.58. The van der Waals surface area contributed by atoms with Gasteiger partial charge in [0.25, 0.3) is 0 Å². The monoisotopic (exact) mass is 247 g/mol. The van der Waals surface area contributed by atoms with Crippen molar-refractivity contribution in [2.75, 3.05) is 18.5 Å². The normalized spacial score (nSPS) is 11.4. The minimum atomic E-state index is -4.67. The molecule has 0 fully saturated rings. The van der Waals surface area contributed by atoms with E-state index in [-0.39, 0.29) is 0 Å². The van der Waals surface area contributed by atoms with Gasteiger partial charge in [-0.2, -0.15) is 13.2 Å². The molecular formula is C11H12F3NO2. The highest BCUT2D eigenvalue weighted by Gasteiger charge is 2.35. The minimum Gasteiger partial charge on any atom is -0.478 e. The molecule has 0 aliphatic rings. The predicted molar refractivity (Wildman–Crippen MR) is 57.3 cm³/mol. The number of halogens is 3. The first-order chi connectivity index (χ1) is 7.77. The lowest BCUT2D eigenvalue weighted by Gasteiger charge is -2.19. The molecule has 0 heterocycles. The summed E-state index contributed by atoms with van der Waals surface area (Å²) < 4.78 is 38.0. The van der Waals surface area contributed by atoms with E-state index in [1.807, 2.05) is 0 Å². The number of hydrogen-bond donors (Lipinski definition) is 1. The fourth-order valence-electron chi connectivity index (χ4n) is 1.37. The Labute approximate surface area is 96.5 Å². The number of nitrogens with zero attached hydrogens (tertiary/aromatic N) is 1. The standard InChI is InChI=1S/C11H12F3NO2/c1-3-15(2)7-4-5-8(10(16)17)9(6-7)11(12,13)14/h4-6H,3H2,1-2H3,(H,16,17). The zero-order valence-corrected chi connectivity index (χ0v) is 9.38. The maximum atomic E-state index is 12.7. The van der Waals surface area contributed by atoms with Crippen LogP contribution in [0.15, 0.2) is 18.2 Å². The molecule has 0 radical (unpaired) electrons. The van der Waals surface area contributed by atoms with Gasteiger partial charge >= 0.3 is 12.1 Å². The van der Waals surface area contributed by atoms with Gasteiger partial charge < -0.3 is 10.0 Å². The smallest absolute Gasteiger partial charge is 0.417 e. The van der Waals surface area contributed by atoms with E-state index in [9.17, 15) is 18.0 Å². The van der Waals surface area contributed by atoms with Gasteiger partial charge in [-0.05, 0) is 25.1 Å². The fourth-order valence-corrected chi connectivity index (χ4v) is 1.37. The first-order valence-electron chi connectivity index (χ1n) is 4.93. The highest BCUT2D eigenvalue weighted by atomic mass is 19.4. The van der Waals surface area contributed by atoms with E-state index in [0.29, 0.717) is 12.2 Å². The number of carbonyl (C=O) groups is 1. The summed E-state index contributed by atoms with van der Waals surface area (Å²) >= 11 is 0. The number of rotatable bonds is 3. The molecule has 1 rings (SSSR count). The second-order valence-electron chi connectivity index (χ2n) is 3.55. The quantitative estimate of drug-likeness (QED) is 0.892. The first-order valence-corrected chi connectivity index (χ1v) is 4.93. The Morgan fingerprint density at radius 2 is 2.00 bits per heavy atom. The van der Waals surface area contributed by atoms with Crippen LogP contribution in [0.1, 0.15) is 22.8 Å². The molecule has 0 aliphatic heterocycles. The molecule has 0 aliphatic carbocycles. The predicted octanol–water partition coefficient (Wildman–Crippen LogP) is 2.86. The van der Waals surface area contributed by atoms with Crippen LogP contribution >= 0.6 is 0 Å². The molecule has 0 bridgehead atoms. The molecule has 0 aromatic heterocycles. The molecule has 6 heteroatoms. The van der Waals surface area contributed by atoms with Gasteiger partial charge in [-0.25, -0.2) is 4.79 Å². The summed E-state index contributed by atoms with van der Waals surface area (Å²) in [5, 5.41) is 8.70. The summed E-state index contributed by atoms with van der Waals surface area (Å²) in [4.78, 5) is 12.3. The summed E-state index contributed by atoms with van der Waals surface area (Å²) in [6.07, 6.45) is -4.67. The van der Waals surface area contributed by atoms with Gasteiger partial charge in [-0.1, -0.05) is 0 Å². The number of carboxylic acid groups (broad SMARTS) is 1. The Morgan fingerprint density at radius 1 is 1.41 bits per heavy atom. The lowest BCUT2D eigenvalue weighted by atomic mass is 10.1. The van der Waals surface area contributed by atoms with Crippen LogP contribution in [0.25, 0.3) is 0 Å². The molecule has 0 saturated heterocycles.